The van der Waals surface area contributed by atoms with Gasteiger partial charge in [-0.2, -0.15) is 4.31 Å². The van der Waals surface area contributed by atoms with Crippen molar-refractivity contribution in [1.29, 1.82) is 0 Å². The van der Waals surface area contributed by atoms with Gasteiger partial charge in [0.05, 0.1) is 11.2 Å². The fourth-order valence-electron chi connectivity index (χ4n) is 2.11. The third-order valence-corrected chi connectivity index (χ3v) is 6.55. The second-order valence-electron chi connectivity index (χ2n) is 4.46. The van der Waals surface area contributed by atoms with Crippen molar-refractivity contribution in [2.45, 2.75) is 36.4 Å². The highest BCUT2D eigenvalue weighted by Gasteiger charge is 2.50. The first-order valence-corrected chi connectivity index (χ1v) is 7.73. The summed E-state index contributed by atoms with van der Waals surface area (Å²) in [4.78, 5) is 15.2. The molecule has 0 aromatic carbocycles. The van der Waals surface area contributed by atoms with Crippen LogP contribution >= 0.6 is 11.3 Å². The molecule has 100 valence electrons. The molecule has 1 aliphatic heterocycles. The zero-order chi connectivity index (χ0) is 13.6. The fourth-order valence-corrected chi connectivity index (χ4v) is 5.13. The number of nitrogens with zero attached hydrogens (tertiary/aromatic N) is 2. The smallest absolute Gasteiger partial charge is 0.324 e. The summed E-state index contributed by atoms with van der Waals surface area (Å²) in [5.41, 5.74) is -1.35. The molecule has 0 saturated carbocycles. The van der Waals surface area contributed by atoms with Crippen LogP contribution in [-0.2, 0) is 14.8 Å². The van der Waals surface area contributed by atoms with E-state index in [-0.39, 0.29) is 10.8 Å². The molecule has 1 atom stereocenters. The van der Waals surface area contributed by atoms with Crippen molar-refractivity contribution in [2.24, 2.45) is 0 Å². The van der Waals surface area contributed by atoms with Crippen LogP contribution in [0.5, 0.6) is 0 Å². The van der Waals surface area contributed by atoms with Gasteiger partial charge >= 0.3 is 5.97 Å². The van der Waals surface area contributed by atoms with Crippen LogP contribution in [0, 0.1) is 6.92 Å². The van der Waals surface area contributed by atoms with Gasteiger partial charge in [0.2, 0.25) is 0 Å². The van der Waals surface area contributed by atoms with Crippen molar-refractivity contribution < 1.29 is 18.3 Å². The number of carboxylic acid groups (broad SMARTS) is 1. The summed E-state index contributed by atoms with van der Waals surface area (Å²) in [7, 11) is -3.76. The minimum absolute atomic E-state index is 0.106. The Morgan fingerprint density at radius 1 is 1.61 bits per heavy atom. The molecule has 18 heavy (non-hydrogen) atoms. The topological polar surface area (TPSA) is 87.6 Å². The number of carbonyl (C=O) groups is 1. The largest absolute Gasteiger partial charge is 0.480 e. The Balaban J connectivity index is 2.45. The van der Waals surface area contributed by atoms with Crippen LogP contribution in [-0.4, -0.2) is 40.9 Å². The SMILES string of the molecule is Cc1ncc(S(=O)(=O)N2CCCC2(C)C(=O)O)s1. The van der Waals surface area contributed by atoms with E-state index in [4.69, 9.17) is 0 Å². The summed E-state index contributed by atoms with van der Waals surface area (Å²) in [6.45, 7) is 3.40. The molecule has 0 spiro atoms. The Morgan fingerprint density at radius 3 is 2.78 bits per heavy atom. The Bertz CT molecular complexity index is 580. The molecule has 2 heterocycles. The maximum Gasteiger partial charge on any atom is 0.324 e. The van der Waals surface area contributed by atoms with E-state index >= 15 is 0 Å². The van der Waals surface area contributed by atoms with E-state index < -0.39 is 21.5 Å². The van der Waals surface area contributed by atoms with Gasteiger partial charge in [-0.05, 0) is 26.7 Å². The molecule has 6 nitrogen and oxygen atoms in total. The van der Waals surface area contributed by atoms with Gasteiger partial charge in [0.1, 0.15) is 5.54 Å². The molecule has 0 radical (unpaired) electrons. The number of hydrogen-bond acceptors (Lipinski definition) is 5. The molecule has 1 saturated heterocycles. The number of thiazole rings is 1. The number of hydrogen-bond donors (Lipinski definition) is 1. The van der Waals surface area contributed by atoms with Crippen LogP contribution in [0.4, 0.5) is 0 Å². The predicted molar refractivity (Wildman–Crippen MR) is 66.0 cm³/mol. The third-order valence-electron chi connectivity index (χ3n) is 3.18. The van der Waals surface area contributed by atoms with Gasteiger partial charge in [0.15, 0.2) is 4.21 Å². The minimum atomic E-state index is -3.76. The lowest BCUT2D eigenvalue weighted by Crippen LogP contribution is -2.50. The maximum atomic E-state index is 12.4. The molecule has 1 unspecified atom stereocenters. The number of aliphatic carboxylic acids is 1. The lowest BCUT2D eigenvalue weighted by atomic mass is 10.0. The van der Waals surface area contributed by atoms with E-state index in [2.05, 4.69) is 4.98 Å². The van der Waals surface area contributed by atoms with Crippen LogP contribution in [0.3, 0.4) is 0 Å². The average Bonchev–Trinajstić information content (AvgIpc) is 2.85. The second kappa shape index (κ2) is 4.29. The molecule has 1 N–H and O–H groups in total. The van der Waals surface area contributed by atoms with Gasteiger partial charge in [0, 0.05) is 6.54 Å². The Morgan fingerprint density at radius 2 is 2.28 bits per heavy atom. The van der Waals surface area contributed by atoms with Crippen molar-refractivity contribution >= 4 is 27.3 Å². The lowest BCUT2D eigenvalue weighted by molar-refractivity contribution is -0.146. The van der Waals surface area contributed by atoms with Gasteiger partial charge in [-0.1, -0.05) is 0 Å². The van der Waals surface area contributed by atoms with Gasteiger partial charge in [0.25, 0.3) is 10.0 Å². The van der Waals surface area contributed by atoms with Crippen LogP contribution in [0.2, 0.25) is 0 Å². The predicted octanol–water partition coefficient (Wildman–Crippen LogP) is 1.08. The minimum Gasteiger partial charge on any atom is -0.480 e. The first-order valence-electron chi connectivity index (χ1n) is 5.47. The van der Waals surface area contributed by atoms with Crippen molar-refractivity contribution in [3.8, 4) is 0 Å². The van der Waals surface area contributed by atoms with E-state index in [9.17, 15) is 18.3 Å². The van der Waals surface area contributed by atoms with Gasteiger partial charge in [-0.3, -0.25) is 4.79 Å². The number of rotatable bonds is 3. The average molecular weight is 290 g/mol. The number of aromatic nitrogens is 1. The van der Waals surface area contributed by atoms with Crippen LogP contribution in [0.1, 0.15) is 24.8 Å². The molecule has 0 aliphatic carbocycles. The zero-order valence-corrected chi connectivity index (χ0v) is 11.7. The number of aryl methyl sites for hydroxylation is 1. The van der Waals surface area contributed by atoms with Gasteiger partial charge in [-0.25, -0.2) is 13.4 Å². The molecule has 0 amide bonds. The van der Waals surface area contributed by atoms with E-state index in [1.807, 2.05) is 0 Å². The zero-order valence-electron chi connectivity index (χ0n) is 10.1. The molecule has 1 aromatic rings. The Hall–Kier alpha value is -0.990. The molecule has 1 aromatic heterocycles. The molecule has 0 bridgehead atoms. The monoisotopic (exact) mass is 290 g/mol. The maximum absolute atomic E-state index is 12.4. The highest BCUT2D eigenvalue weighted by Crippen LogP contribution is 2.35. The molecule has 1 fully saturated rings. The Labute approximate surface area is 109 Å². The molecular formula is C10H14N2O4S2. The van der Waals surface area contributed by atoms with Crippen LogP contribution < -0.4 is 0 Å². The summed E-state index contributed by atoms with van der Waals surface area (Å²) >= 11 is 1.06. The molecule has 1 aliphatic rings. The van der Waals surface area contributed by atoms with Crippen molar-refractivity contribution in [3.63, 3.8) is 0 Å². The fraction of sp³-hybridized carbons (Fsp3) is 0.600. The highest BCUT2D eigenvalue weighted by molar-refractivity contribution is 7.91. The van der Waals surface area contributed by atoms with Gasteiger partial charge in [-0.15, -0.1) is 11.3 Å². The summed E-state index contributed by atoms with van der Waals surface area (Å²) in [6.07, 6.45) is 2.18. The highest BCUT2D eigenvalue weighted by atomic mass is 32.2. The lowest BCUT2D eigenvalue weighted by Gasteiger charge is -2.29. The first-order chi connectivity index (χ1) is 8.28. The summed E-state index contributed by atoms with van der Waals surface area (Å²) in [5, 5.41) is 9.88. The van der Waals surface area contributed by atoms with Crippen molar-refractivity contribution in [2.75, 3.05) is 6.54 Å². The van der Waals surface area contributed by atoms with E-state index in [1.165, 1.54) is 13.1 Å². The molecular weight excluding hydrogens is 276 g/mol. The van der Waals surface area contributed by atoms with Crippen molar-refractivity contribution in [1.82, 2.24) is 9.29 Å². The number of carboxylic acids is 1. The summed E-state index contributed by atoms with van der Waals surface area (Å²) in [6, 6.07) is 0. The molecule has 8 heteroatoms. The van der Waals surface area contributed by atoms with Gasteiger partial charge < -0.3 is 5.11 Å². The normalized spacial score (nSPS) is 25.4. The Kier molecular flexibility index (Phi) is 3.20. The molecule has 2 rings (SSSR count). The quantitative estimate of drug-likeness (QED) is 0.900. The summed E-state index contributed by atoms with van der Waals surface area (Å²) < 4.78 is 26.0. The standard InChI is InChI=1S/C10H14N2O4S2/c1-7-11-6-8(17-7)18(15,16)12-5-3-4-10(12,2)9(13)14/h6H,3-5H2,1-2H3,(H,13,14). The van der Waals surface area contributed by atoms with Crippen molar-refractivity contribution in [3.05, 3.63) is 11.2 Å². The first kappa shape index (κ1) is 13.4. The van der Waals surface area contributed by atoms with E-state index in [1.54, 1.807) is 6.92 Å². The van der Waals surface area contributed by atoms with E-state index in [0.717, 1.165) is 15.6 Å². The summed E-state index contributed by atoms with van der Waals surface area (Å²) in [5.74, 6) is -1.11. The van der Waals surface area contributed by atoms with E-state index in [0.29, 0.717) is 17.8 Å². The third kappa shape index (κ3) is 1.94. The van der Waals surface area contributed by atoms with Crippen LogP contribution in [0.25, 0.3) is 0 Å². The van der Waals surface area contributed by atoms with Crippen LogP contribution in [0.15, 0.2) is 10.4 Å². The number of sulfonamides is 1. The second-order valence-corrected chi connectivity index (χ2v) is 7.78.